The molecule has 1 aromatic carbocycles. The third kappa shape index (κ3) is 3.35. The summed E-state index contributed by atoms with van der Waals surface area (Å²) < 4.78 is 29.4. The number of ketones is 1. The number of benzene rings is 1. The molecule has 0 bridgehead atoms. The molecule has 1 aliphatic rings. The van der Waals surface area contributed by atoms with E-state index in [0.717, 1.165) is 25.7 Å². The summed E-state index contributed by atoms with van der Waals surface area (Å²) in [5, 5.41) is 0. The first-order valence-electron chi connectivity index (χ1n) is 6.42. The van der Waals surface area contributed by atoms with Gasteiger partial charge in [-0.2, -0.15) is 0 Å². The van der Waals surface area contributed by atoms with Crippen molar-refractivity contribution < 1.29 is 17.9 Å². The third-order valence-electron chi connectivity index (χ3n) is 3.54. The minimum absolute atomic E-state index is 0.0691. The predicted molar refractivity (Wildman–Crippen MR) is 72.0 cm³/mol. The average Bonchev–Trinajstić information content (AvgIpc) is 2.92. The van der Waals surface area contributed by atoms with Gasteiger partial charge in [-0.25, -0.2) is 8.42 Å². The number of sulfone groups is 1. The maximum atomic E-state index is 12.2. The highest BCUT2D eigenvalue weighted by Gasteiger charge is 2.28. The fourth-order valence-electron chi connectivity index (χ4n) is 2.43. The standard InChI is InChI=1S/C14H18O4S/c1-18-12-7-4-8-13(9-12)19(16,17)10-14(15)11-5-2-3-6-11/h4,7-9,11H,2-3,5-6,10H2,1H3. The molecule has 0 radical (unpaired) electrons. The van der Waals surface area contributed by atoms with E-state index >= 15 is 0 Å². The quantitative estimate of drug-likeness (QED) is 0.831. The zero-order valence-corrected chi connectivity index (χ0v) is 11.8. The fourth-order valence-corrected chi connectivity index (χ4v) is 3.79. The van der Waals surface area contributed by atoms with E-state index in [-0.39, 0.29) is 16.6 Å². The molecule has 0 N–H and O–H groups in total. The predicted octanol–water partition coefficient (Wildman–Crippen LogP) is 2.23. The minimum Gasteiger partial charge on any atom is -0.497 e. The van der Waals surface area contributed by atoms with Crippen molar-refractivity contribution in [1.29, 1.82) is 0 Å². The number of carbonyl (C=O) groups excluding carboxylic acids is 1. The molecule has 0 heterocycles. The first-order chi connectivity index (χ1) is 9.03. The number of Topliss-reactive ketones (excluding diaryl/α,β-unsaturated/α-hetero) is 1. The lowest BCUT2D eigenvalue weighted by Gasteiger charge is -2.09. The summed E-state index contributed by atoms with van der Waals surface area (Å²) in [6.45, 7) is 0. The van der Waals surface area contributed by atoms with Gasteiger partial charge in [-0.1, -0.05) is 18.9 Å². The largest absolute Gasteiger partial charge is 0.497 e. The summed E-state index contributed by atoms with van der Waals surface area (Å²) >= 11 is 0. The number of ether oxygens (including phenoxy) is 1. The summed E-state index contributed by atoms with van der Waals surface area (Å²) in [6.07, 6.45) is 3.70. The number of methoxy groups -OCH3 is 1. The Kier molecular flexibility index (Phi) is 4.24. The molecule has 4 nitrogen and oxygen atoms in total. The summed E-state index contributed by atoms with van der Waals surface area (Å²) in [5.74, 6) is -0.139. The summed E-state index contributed by atoms with van der Waals surface area (Å²) in [5.41, 5.74) is 0. The summed E-state index contributed by atoms with van der Waals surface area (Å²) in [7, 11) is -2.08. The zero-order chi connectivity index (χ0) is 13.9. The van der Waals surface area contributed by atoms with Gasteiger partial charge in [0, 0.05) is 5.92 Å². The zero-order valence-electron chi connectivity index (χ0n) is 11.0. The molecule has 1 aromatic rings. The lowest BCUT2D eigenvalue weighted by molar-refractivity contribution is -0.120. The van der Waals surface area contributed by atoms with Crippen molar-refractivity contribution in [1.82, 2.24) is 0 Å². The second-order valence-corrected chi connectivity index (χ2v) is 6.88. The number of hydrogen-bond acceptors (Lipinski definition) is 4. The van der Waals surface area contributed by atoms with Crippen LogP contribution in [-0.2, 0) is 14.6 Å². The van der Waals surface area contributed by atoms with Gasteiger partial charge in [0.1, 0.15) is 11.5 Å². The van der Waals surface area contributed by atoms with Crippen LogP contribution in [0, 0.1) is 5.92 Å². The number of rotatable bonds is 5. The first-order valence-corrected chi connectivity index (χ1v) is 8.07. The Morgan fingerprint density at radius 1 is 1.32 bits per heavy atom. The lowest BCUT2D eigenvalue weighted by atomic mass is 10.0. The van der Waals surface area contributed by atoms with Gasteiger partial charge >= 0.3 is 0 Å². The first kappa shape index (κ1) is 14.1. The fraction of sp³-hybridized carbons (Fsp3) is 0.500. The van der Waals surface area contributed by atoms with Gasteiger partial charge in [-0.15, -0.1) is 0 Å². The second-order valence-electron chi connectivity index (χ2n) is 4.89. The van der Waals surface area contributed by atoms with E-state index in [1.165, 1.54) is 19.2 Å². The maximum Gasteiger partial charge on any atom is 0.185 e. The van der Waals surface area contributed by atoms with Crippen LogP contribution < -0.4 is 4.74 Å². The molecule has 0 aromatic heterocycles. The van der Waals surface area contributed by atoms with E-state index in [4.69, 9.17) is 4.74 Å². The molecule has 1 aliphatic carbocycles. The lowest BCUT2D eigenvalue weighted by Crippen LogP contribution is -2.22. The van der Waals surface area contributed by atoms with Crippen LogP contribution in [0.3, 0.4) is 0 Å². The van der Waals surface area contributed by atoms with Crippen molar-refractivity contribution in [2.24, 2.45) is 5.92 Å². The van der Waals surface area contributed by atoms with Crippen LogP contribution in [0.1, 0.15) is 25.7 Å². The molecular formula is C14H18O4S. The minimum atomic E-state index is -3.56. The van der Waals surface area contributed by atoms with Gasteiger partial charge in [-0.3, -0.25) is 4.79 Å². The van der Waals surface area contributed by atoms with Crippen LogP contribution in [0.5, 0.6) is 5.75 Å². The molecule has 1 saturated carbocycles. The SMILES string of the molecule is COc1cccc(S(=O)(=O)CC(=O)C2CCCC2)c1. The molecule has 104 valence electrons. The molecule has 5 heteroatoms. The molecule has 1 fully saturated rings. The van der Waals surface area contributed by atoms with Gasteiger partial charge in [0.05, 0.1) is 12.0 Å². The van der Waals surface area contributed by atoms with Gasteiger partial charge in [0.15, 0.2) is 15.6 Å². The van der Waals surface area contributed by atoms with E-state index in [9.17, 15) is 13.2 Å². The topological polar surface area (TPSA) is 60.4 Å². The van der Waals surface area contributed by atoms with Crippen LogP contribution in [0.15, 0.2) is 29.2 Å². The molecule has 0 atom stereocenters. The third-order valence-corrected chi connectivity index (χ3v) is 5.18. The Labute approximate surface area is 113 Å². The highest BCUT2D eigenvalue weighted by Crippen LogP contribution is 2.27. The van der Waals surface area contributed by atoms with E-state index in [2.05, 4.69) is 0 Å². The molecular weight excluding hydrogens is 264 g/mol. The smallest absolute Gasteiger partial charge is 0.185 e. The molecule has 0 saturated heterocycles. The molecule has 19 heavy (non-hydrogen) atoms. The number of carbonyl (C=O) groups is 1. The molecule has 0 amide bonds. The molecule has 0 unspecified atom stereocenters. The second kappa shape index (κ2) is 5.74. The highest BCUT2D eigenvalue weighted by molar-refractivity contribution is 7.92. The van der Waals surface area contributed by atoms with E-state index in [1.54, 1.807) is 12.1 Å². The maximum absolute atomic E-state index is 12.2. The van der Waals surface area contributed by atoms with E-state index in [0.29, 0.717) is 5.75 Å². The summed E-state index contributed by atoms with van der Waals surface area (Å²) in [4.78, 5) is 12.1. The average molecular weight is 282 g/mol. The van der Waals surface area contributed by atoms with E-state index in [1.807, 2.05) is 0 Å². The summed E-state index contributed by atoms with van der Waals surface area (Å²) in [6, 6.07) is 6.25. The van der Waals surface area contributed by atoms with Gasteiger partial charge in [0.25, 0.3) is 0 Å². The van der Waals surface area contributed by atoms with Crippen LogP contribution in [0.2, 0.25) is 0 Å². The van der Waals surface area contributed by atoms with Gasteiger partial charge < -0.3 is 4.74 Å². The Balaban J connectivity index is 2.15. The molecule has 0 aliphatic heterocycles. The van der Waals surface area contributed by atoms with Crippen LogP contribution in [0.4, 0.5) is 0 Å². The van der Waals surface area contributed by atoms with Gasteiger partial charge in [-0.05, 0) is 31.0 Å². The highest BCUT2D eigenvalue weighted by atomic mass is 32.2. The Bertz CT molecular complexity index is 557. The van der Waals surface area contributed by atoms with Crippen molar-refractivity contribution in [2.45, 2.75) is 30.6 Å². The number of hydrogen-bond donors (Lipinski definition) is 0. The Hall–Kier alpha value is -1.36. The van der Waals surface area contributed by atoms with Crippen LogP contribution >= 0.6 is 0 Å². The van der Waals surface area contributed by atoms with Crippen LogP contribution in [-0.4, -0.2) is 27.1 Å². The molecule has 2 rings (SSSR count). The van der Waals surface area contributed by atoms with Crippen molar-refractivity contribution >= 4 is 15.6 Å². The van der Waals surface area contributed by atoms with Crippen molar-refractivity contribution in [3.8, 4) is 5.75 Å². The van der Waals surface area contributed by atoms with E-state index < -0.39 is 15.6 Å². The Morgan fingerprint density at radius 2 is 2.00 bits per heavy atom. The molecule has 0 spiro atoms. The normalized spacial score (nSPS) is 16.5. The van der Waals surface area contributed by atoms with Gasteiger partial charge in [0.2, 0.25) is 0 Å². The van der Waals surface area contributed by atoms with Crippen molar-refractivity contribution in [3.63, 3.8) is 0 Å². The Morgan fingerprint density at radius 3 is 2.63 bits per heavy atom. The monoisotopic (exact) mass is 282 g/mol. The van der Waals surface area contributed by atoms with Crippen LogP contribution in [0.25, 0.3) is 0 Å². The van der Waals surface area contributed by atoms with Crippen molar-refractivity contribution in [2.75, 3.05) is 12.9 Å². The van der Waals surface area contributed by atoms with Crippen molar-refractivity contribution in [3.05, 3.63) is 24.3 Å².